The number of hydrogen-bond acceptors (Lipinski definition) is 8. The smallest absolute Gasteiger partial charge is 0.412 e. The number of nitrogens with one attached hydrogen (secondary N) is 2. The quantitative estimate of drug-likeness (QED) is 0.192. The molecule has 0 unspecified atom stereocenters. The van der Waals surface area contributed by atoms with E-state index in [-0.39, 0.29) is 13.2 Å². The highest BCUT2D eigenvalue weighted by Gasteiger charge is 2.27. The molecular formula is C25H29N3O7. The van der Waals surface area contributed by atoms with Crippen LogP contribution in [0, 0.1) is 11.3 Å². The standard InChI is InChI=1S/C25H29N3O7/c1-2-33-22(5-3-4-6-23(30)28-32)24(19-9-13-21(14-10-19)34-16-15-29)35-25(31)27-20-11-7-18(17-26)8-12-20/h4,6-14,22,24,29,32H,2-3,5,15-16H2,1H3,(H,27,31)(H,28,30)/b6-4+/t22-,24-/m1/s1. The van der Waals surface area contributed by atoms with Gasteiger partial charge in [0.2, 0.25) is 0 Å². The Balaban J connectivity index is 2.21. The van der Waals surface area contributed by atoms with Crippen molar-refractivity contribution in [1.82, 2.24) is 5.48 Å². The van der Waals surface area contributed by atoms with Crippen molar-refractivity contribution >= 4 is 17.7 Å². The molecule has 0 heterocycles. The topological polar surface area (TPSA) is 150 Å². The van der Waals surface area contributed by atoms with Crippen molar-refractivity contribution in [2.45, 2.75) is 32.0 Å². The molecule has 35 heavy (non-hydrogen) atoms. The zero-order valence-corrected chi connectivity index (χ0v) is 19.3. The van der Waals surface area contributed by atoms with Gasteiger partial charge >= 0.3 is 6.09 Å². The van der Waals surface area contributed by atoms with E-state index in [0.717, 1.165) is 0 Å². The fourth-order valence-corrected chi connectivity index (χ4v) is 3.19. The number of nitriles is 1. The maximum atomic E-state index is 12.7. The van der Waals surface area contributed by atoms with Crippen LogP contribution in [0.15, 0.2) is 60.7 Å². The van der Waals surface area contributed by atoms with Crippen LogP contribution >= 0.6 is 0 Å². The van der Waals surface area contributed by atoms with Crippen molar-refractivity contribution in [2.75, 3.05) is 25.1 Å². The van der Waals surface area contributed by atoms with E-state index in [2.05, 4.69) is 5.32 Å². The summed E-state index contributed by atoms with van der Waals surface area (Å²) in [5.41, 5.74) is 3.11. The molecule has 2 aromatic rings. The zero-order valence-electron chi connectivity index (χ0n) is 19.3. The summed E-state index contributed by atoms with van der Waals surface area (Å²) in [6.07, 6.45) is 1.58. The van der Waals surface area contributed by atoms with Gasteiger partial charge in [-0.1, -0.05) is 18.2 Å². The van der Waals surface area contributed by atoms with Crippen LogP contribution in [0.4, 0.5) is 10.5 Å². The first-order valence-electron chi connectivity index (χ1n) is 11.0. The van der Waals surface area contributed by atoms with E-state index in [1.807, 2.05) is 13.0 Å². The number of rotatable bonds is 13. The van der Waals surface area contributed by atoms with E-state index in [4.69, 9.17) is 29.8 Å². The van der Waals surface area contributed by atoms with Crippen molar-refractivity contribution in [2.24, 2.45) is 0 Å². The monoisotopic (exact) mass is 483 g/mol. The second-order valence-electron chi connectivity index (χ2n) is 7.23. The van der Waals surface area contributed by atoms with E-state index < -0.39 is 24.2 Å². The molecule has 0 spiro atoms. The molecule has 10 nitrogen and oxygen atoms in total. The van der Waals surface area contributed by atoms with Crippen molar-refractivity contribution in [1.29, 1.82) is 5.26 Å². The molecule has 2 aromatic carbocycles. The molecule has 4 N–H and O–H groups in total. The zero-order chi connectivity index (χ0) is 25.5. The predicted octanol–water partition coefficient (Wildman–Crippen LogP) is 3.47. The second-order valence-corrected chi connectivity index (χ2v) is 7.23. The Kier molecular flexibility index (Phi) is 11.8. The van der Waals surface area contributed by atoms with E-state index in [0.29, 0.717) is 42.0 Å². The first-order valence-corrected chi connectivity index (χ1v) is 11.0. The lowest BCUT2D eigenvalue weighted by Gasteiger charge is -2.27. The Morgan fingerprint density at radius 3 is 2.46 bits per heavy atom. The largest absolute Gasteiger partial charge is 0.491 e. The summed E-state index contributed by atoms with van der Waals surface area (Å²) in [4.78, 5) is 23.9. The first-order chi connectivity index (χ1) is 17.0. The van der Waals surface area contributed by atoms with E-state index in [9.17, 15) is 9.59 Å². The third-order valence-corrected chi connectivity index (χ3v) is 4.78. The van der Waals surface area contributed by atoms with Crippen LogP contribution in [0.5, 0.6) is 5.75 Å². The number of hydrogen-bond donors (Lipinski definition) is 4. The summed E-state index contributed by atoms with van der Waals surface area (Å²) in [7, 11) is 0. The number of benzene rings is 2. The third-order valence-electron chi connectivity index (χ3n) is 4.78. The van der Waals surface area contributed by atoms with Crippen LogP contribution in [0.3, 0.4) is 0 Å². The van der Waals surface area contributed by atoms with Gasteiger partial charge in [0.1, 0.15) is 12.4 Å². The van der Waals surface area contributed by atoms with E-state index in [1.54, 1.807) is 54.6 Å². The van der Waals surface area contributed by atoms with Gasteiger partial charge in [-0.05, 0) is 61.7 Å². The van der Waals surface area contributed by atoms with Crippen LogP contribution in [0.25, 0.3) is 0 Å². The summed E-state index contributed by atoms with van der Waals surface area (Å²) >= 11 is 0. The van der Waals surface area contributed by atoms with Gasteiger partial charge in [-0.25, -0.2) is 10.3 Å². The molecule has 0 aliphatic carbocycles. The van der Waals surface area contributed by atoms with Crippen molar-refractivity contribution in [3.63, 3.8) is 0 Å². The van der Waals surface area contributed by atoms with Gasteiger partial charge in [0, 0.05) is 18.4 Å². The number of ether oxygens (including phenoxy) is 3. The second kappa shape index (κ2) is 15.1. The molecule has 0 saturated heterocycles. The number of carbonyl (C=O) groups excluding carboxylic acids is 2. The number of amides is 2. The van der Waals surface area contributed by atoms with Gasteiger partial charge in [0.15, 0.2) is 6.10 Å². The molecule has 0 aromatic heterocycles. The molecule has 186 valence electrons. The molecule has 0 saturated carbocycles. The van der Waals surface area contributed by atoms with Gasteiger partial charge in [-0.2, -0.15) is 5.26 Å². The van der Waals surface area contributed by atoms with Crippen LogP contribution in [0.2, 0.25) is 0 Å². The molecule has 2 rings (SSSR count). The number of carbonyl (C=O) groups is 2. The molecule has 0 fully saturated rings. The maximum absolute atomic E-state index is 12.7. The number of allylic oxidation sites excluding steroid dienone is 1. The number of aliphatic hydroxyl groups is 1. The summed E-state index contributed by atoms with van der Waals surface area (Å²) in [5, 5.41) is 29.1. The highest BCUT2D eigenvalue weighted by molar-refractivity contribution is 5.86. The molecule has 10 heteroatoms. The first kappa shape index (κ1) is 27.3. The predicted molar refractivity (Wildman–Crippen MR) is 127 cm³/mol. The highest BCUT2D eigenvalue weighted by atomic mass is 16.6. The normalized spacial score (nSPS) is 12.4. The van der Waals surface area contributed by atoms with Crippen LogP contribution < -0.4 is 15.5 Å². The van der Waals surface area contributed by atoms with E-state index in [1.165, 1.54) is 11.6 Å². The lowest BCUT2D eigenvalue weighted by atomic mass is 10.00. The van der Waals surface area contributed by atoms with Gasteiger partial charge in [0.05, 0.1) is 24.3 Å². The minimum absolute atomic E-state index is 0.114. The average Bonchev–Trinajstić information content (AvgIpc) is 2.88. The Hall–Kier alpha value is -3.91. The van der Waals surface area contributed by atoms with Gasteiger partial charge in [-0.3, -0.25) is 15.3 Å². The number of anilines is 1. The maximum Gasteiger partial charge on any atom is 0.412 e. The summed E-state index contributed by atoms with van der Waals surface area (Å²) in [6.45, 7) is 2.22. The number of nitrogens with zero attached hydrogens (tertiary/aromatic N) is 1. The van der Waals surface area contributed by atoms with Crippen molar-refractivity contribution < 1.29 is 34.1 Å². The lowest BCUT2D eigenvalue weighted by Crippen LogP contribution is -2.29. The van der Waals surface area contributed by atoms with Crippen molar-refractivity contribution in [3.8, 4) is 11.8 Å². The Bertz CT molecular complexity index is 1000. The van der Waals surface area contributed by atoms with Gasteiger partial charge in [0.25, 0.3) is 5.91 Å². The average molecular weight is 484 g/mol. The summed E-state index contributed by atoms with van der Waals surface area (Å²) in [6, 6.07) is 15.3. The van der Waals surface area contributed by atoms with Crippen LogP contribution in [0.1, 0.15) is 37.0 Å². The Morgan fingerprint density at radius 1 is 1.14 bits per heavy atom. The van der Waals surface area contributed by atoms with Gasteiger partial charge in [-0.15, -0.1) is 0 Å². The fourth-order valence-electron chi connectivity index (χ4n) is 3.19. The van der Waals surface area contributed by atoms with Crippen molar-refractivity contribution in [3.05, 3.63) is 71.8 Å². The Morgan fingerprint density at radius 2 is 1.86 bits per heavy atom. The minimum atomic E-state index is -0.791. The molecule has 2 amide bonds. The number of hydroxylamine groups is 1. The SMILES string of the molecule is CCO[C@H](CC/C=C/C(=O)NO)[C@H](OC(=O)Nc1ccc(C#N)cc1)c1ccc(OCCO)cc1. The van der Waals surface area contributed by atoms with Crippen LogP contribution in [-0.2, 0) is 14.3 Å². The summed E-state index contributed by atoms with van der Waals surface area (Å²) in [5.74, 6) is -0.0967. The minimum Gasteiger partial charge on any atom is -0.491 e. The molecule has 0 aliphatic heterocycles. The lowest BCUT2D eigenvalue weighted by molar-refractivity contribution is -0.124. The summed E-state index contributed by atoms with van der Waals surface area (Å²) < 4.78 is 17.0. The van der Waals surface area contributed by atoms with E-state index >= 15 is 0 Å². The third kappa shape index (κ3) is 9.46. The Labute approximate surface area is 203 Å². The van der Waals surface area contributed by atoms with Gasteiger partial charge < -0.3 is 19.3 Å². The van der Waals surface area contributed by atoms with Crippen LogP contribution in [-0.4, -0.2) is 48.2 Å². The number of aliphatic hydroxyl groups excluding tert-OH is 1. The molecule has 0 aliphatic rings. The molecule has 0 radical (unpaired) electrons. The molecule has 2 atom stereocenters. The fraction of sp³-hybridized carbons (Fsp3) is 0.320. The molecular weight excluding hydrogens is 454 g/mol. The molecule has 0 bridgehead atoms. The highest BCUT2D eigenvalue weighted by Crippen LogP contribution is 2.29.